The van der Waals surface area contributed by atoms with Gasteiger partial charge in [-0.1, -0.05) is 18.2 Å². The Labute approximate surface area is 101 Å². The minimum Gasteiger partial charge on any atom is -0.352 e. The fourth-order valence-electron chi connectivity index (χ4n) is 1.40. The Morgan fingerprint density at radius 1 is 1.35 bits per heavy atom. The summed E-state index contributed by atoms with van der Waals surface area (Å²) >= 11 is 0. The zero-order chi connectivity index (χ0) is 12.9. The lowest BCUT2D eigenvalue weighted by molar-refractivity contribution is 0.0953. The molecule has 6 heteroatoms. The van der Waals surface area contributed by atoms with Crippen molar-refractivity contribution in [3.63, 3.8) is 0 Å². The van der Waals surface area contributed by atoms with Crippen LogP contribution in [0.1, 0.15) is 22.3 Å². The lowest BCUT2D eigenvalue weighted by Gasteiger charge is -2.06. The third-order valence-corrected chi connectivity index (χ3v) is 3.14. The molecular formula is C11H16N2O3S. The summed E-state index contributed by atoms with van der Waals surface area (Å²) in [6, 6.07) is 7.21. The zero-order valence-electron chi connectivity index (χ0n) is 9.64. The van der Waals surface area contributed by atoms with Crippen LogP contribution in [-0.2, 0) is 10.0 Å². The normalized spacial score (nSPS) is 11.2. The van der Waals surface area contributed by atoms with Gasteiger partial charge in [-0.05, 0) is 25.0 Å². The third kappa shape index (κ3) is 4.97. The van der Waals surface area contributed by atoms with E-state index in [9.17, 15) is 13.2 Å². The highest BCUT2D eigenvalue weighted by molar-refractivity contribution is 7.89. The average molecular weight is 256 g/mol. The number of sulfonamides is 1. The number of carbonyl (C=O) groups excluding carboxylic acids is 1. The van der Waals surface area contributed by atoms with E-state index in [4.69, 9.17) is 5.14 Å². The van der Waals surface area contributed by atoms with E-state index in [0.29, 0.717) is 18.5 Å². The first-order valence-corrected chi connectivity index (χ1v) is 6.96. The summed E-state index contributed by atoms with van der Waals surface area (Å²) in [5.74, 6) is -0.321. The van der Waals surface area contributed by atoms with E-state index >= 15 is 0 Å². The predicted octanol–water partition coefficient (Wildman–Crippen LogP) is 0.403. The summed E-state index contributed by atoms with van der Waals surface area (Å²) in [5.41, 5.74) is 1.49. The van der Waals surface area contributed by atoms with Crippen LogP contribution in [0.5, 0.6) is 0 Å². The van der Waals surface area contributed by atoms with Crippen LogP contribution in [0.15, 0.2) is 24.3 Å². The van der Waals surface area contributed by atoms with Gasteiger partial charge in [0.15, 0.2) is 0 Å². The van der Waals surface area contributed by atoms with Gasteiger partial charge in [-0.2, -0.15) is 0 Å². The monoisotopic (exact) mass is 256 g/mol. The molecule has 0 bridgehead atoms. The molecule has 1 aromatic carbocycles. The summed E-state index contributed by atoms with van der Waals surface area (Å²) in [4.78, 5) is 11.7. The van der Waals surface area contributed by atoms with Crippen molar-refractivity contribution in [3.05, 3.63) is 35.4 Å². The maximum Gasteiger partial charge on any atom is 0.251 e. The van der Waals surface area contributed by atoms with Crippen LogP contribution in [0.3, 0.4) is 0 Å². The van der Waals surface area contributed by atoms with Gasteiger partial charge < -0.3 is 5.32 Å². The molecule has 0 saturated carbocycles. The highest BCUT2D eigenvalue weighted by Crippen LogP contribution is 2.06. The first-order chi connectivity index (χ1) is 7.90. The second-order valence-corrected chi connectivity index (χ2v) is 5.53. The first kappa shape index (κ1) is 13.7. The average Bonchev–Trinajstić information content (AvgIpc) is 2.23. The Kier molecular flexibility index (Phi) is 4.65. The number of carbonyl (C=O) groups is 1. The van der Waals surface area contributed by atoms with Gasteiger partial charge in [-0.15, -0.1) is 0 Å². The van der Waals surface area contributed by atoms with E-state index in [2.05, 4.69) is 5.32 Å². The molecule has 0 aromatic heterocycles. The zero-order valence-corrected chi connectivity index (χ0v) is 10.5. The molecule has 0 aliphatic carbocycles. The van der Waals surface area contributed by atoms with E-state index in [0.717, 1.165) is 5.56 Å². The van der Waals surface area contributed by atoms with Gasteiger partial charge in [-0.25, -0.2) is 13.6 Å². The van der Waals surface area contributed by atoms with Crippen molar-refractivity contribution in [1.29, 1.82) is 0 Å². The van der Waals surface area contributed by atoms with Crippen molar-refractivity contribution >= 4 is 15.9 Å². The maximum atomic E-state index is 11.7. The fourth-order valence-corrected chi connectivity index (χ4v) is 1.94. The van der Waals surface area contributed by atoms with Crippen molar-refractivity contribution in [2.24, 2.45) is 5.14 Å². The second kappa shape index (κ2) is 5.79. The molecule has 0 spiro atoms. The van der Waals surface area contributed by atoms with Crippen molar-refractivity contribution in [3.8, 4) is 0 Å². The van der Waals surface area contributed by atoms with Crippen LogP contribution in [-0.4, -0.2) is 26.6 Å². The van der Waals surface area contributed by atoms with Crippen LogP contribution in [0, 0.1) is 6.92 Å². The summed E-state index contributed by atoms with van der Waals surface area (Å²) in [5, 5.41) is 7.50. The Morgan fingerprint density at radius 2 is 2.00 bits per heavy atom. The molecule has 0 aliphatic heterocycles. The molecule has 5 nitrogen and oxygen atoms in total. The molecule has 0 fully saturated rings. The first-order valence-electron chi connectivity index (χ1n) is 5.24. The van der Waals surface area contributed by atoms with Gasteiger partial charge >= 0.3 is 0 Å². The van der Waals surface area contributed by atoms with Crippen molar-refractivity contribution in [2.45, 2.75) is 13.3 Å². The van der Waals surface area contributed by atoms with Gasteiger partial charge in [0, 0.05) is 12.1 Å². The molecule has 94 valence electrons. The summed E-state index contributed by atoms with van der Waals surface area (Å²) in [6.45, 7) is 2.14. The molecule has 0 atom stereocenters. The fraction of sp³-hybridized carbons (Fsp3) is 0.364. The Hall–Kier alpha value is -1.40. The minimum atomic E-state index is -3.45. The molecular weight excluding hydrogens is 240 g/mol. The quantitative estimate of drug-likeness (QED) is 0.747. The molecule has 0 radical (unpaired) electrons. The molecule has 0 heterocycles. The van der Waals surface area contributed by atoms with E-state index in [1.165, 1.54) is 0 Å². The van der Waals surface area contributed by atoms with Gasteiger partial charge in [0.05, 0.1) is 5.75 Å². The summed E-state index contributed by atoms with van der Waals surface area (Å²) < 4.78 is 21.3. The highest BCUT2D eigenvalue weighted by atomic mass is 32.2. The molecule has 1 rings (SSSR count). The molecule has 1 amide bonds. The van der Waals surface area contributed by atoms with Gasteiger partial charge in [-0.3, -0.25) is 4.79 Å². The van der Waals surface area contributed by atoms with Crippen LogP contribution in [0.25, 0.3) is 0 Å². The van der Waals surface area contributed by atoms with E-state index in [1.54, 1.807) is 12.1 Å². The molecule has 17 heavy (non-hydrogen) atoms. The van der Waals surface area contributed by atoms with E-state index < -0.39 is 10.0 Å². The predicted molar refractivity (Wildman–Crippen MR) is 66.1 cm³/mol. The van der Waals surface area contributed by atoms with Gasteiger partial charge in [0.2, 0.25) is 10.0 Å². The lowest BCUT2D eigenvalue weighted by Crippen LogP contribution is -2.27. The van der Waals surface area contributed by atoms with Crippen molar-refractivity contribution in [2.75, 3.05) is 12.3 Å². The molecule has 0 unspecified atom stereocenters. The largest absolute Gasteiger partial charge is 0.352 e. The van der Waals surface area contributed by atoms with E-state index in [1.807, 2.05) is 19.1 Å². The number of primary sulfonamides is 1. The van der Waals surface area contributed by atoms with Gasteiger partial charge in [0.1, 0.15) is 0 Å². The lowest BCUT2D eigenvalue weighted by atomic mass is 10.1. The molecule has 0 aliphatic rings. The number of hydrogen-bond acceptors (Lipinski definition) is 3. The number of aryl methyl sites for hydroxylation is 1. The second-order valence-electron chi connectivity index (χ2n) is 3.79. The minimum absolute atomic E-state index is 0.124. The number of nitrogens with one attached hydrogen (secondary N) is 1. The van der Waals surface area contributed by atoms with Crippen molar-refractivity contribution in [1.82, 2.24) is 5.32 Å². The molecule has 3 N–H and O–H groups in total. The van der Waals surface area contributed by atoms with Crippen LogP contribution in [0.4, 0.5) is 0 Å². The van der Waals surface area contributed by atoms with E-state index in [-0.39, 0.29) is 11.7 Å². The smallest absolute Gasteiger partial charge is 0.251 e. The molecule has 1 aromatic rings. The van der Waals surface area contributed by atoms with Crippen LogP contribution in [0.2, 0.25) is 0 Å². The number of amides is 1. The number of nitrogens with two attached hydrogens (primary N) is 1. The number of hydrogen-bond donors (Lipinski definition) is 2. The maximum absolute atomic E-state index is 11.7. The summed E-state index contributed by atoms with van der Waals surface area (Å²) in [7, 11) is -3.45. The molecule has 0 saturated heterocycles. The Bertz CT molecular complexity index is 497. The summed E-state index contributed by atoms with van der Waals surface area (Å²) in [6.07, 6.45) is 0.316. The number of rotatable bonds is 5. The van der Waals surface area contributed by atoms with Crippen LogP contribution >= 0.6 is 0 Å². The van der Waals surface area contributed by atoms with Gasteiger partial charge in [0.25, 0.3) is 5.91 Å². The topological polar surface area (TPSA) is 89.3 Å². The van der Waals surface area contributed by atoms with Crippen molar-refractivity contribution < 1.29 is 13.2 Å². The SMILES string of the molecule is Cc1ccccc1C(=O)NCCCS(N)(=O)=O. The number of benzene rings is 1. The Morgan fingerprint density at radius 3 is 2.59 bits per heavy atom. The standard InChI is InChI=1S/C11H16N2O3S/c1-9-5-2-3-6-10(9)11(14)13-7-4-8-17(12,15)16/h2-3,5-6H,4,7-8H2,1H3,(H,13,14)(H2,12,15,16). The van der Waals surface area contributed by atoms with Crippen LogP contribution < -0.4 is 10.5 Å². The highest BCUT2D eigenvalue weighted by Gasteiger charge is 2.08. The Balaban J connectivity index is 2.44. The third-order valence-electron chi connectivity index (χ3n) is 2.28.